The van der Waals surface area contributed by atoms with Gasteiger partial charge in [-0.1, -0.05) is 60.7 Å². The molecule has 0 heterocycles. The van der Waals surface area contributed by atoms with Crippen LogP contribution < -0.4 is 10.6 Å². The fourth-order valence-electron chi connectivity index (χ4n) is 2.54. The summed E-state index contributed by atoms with van der Waals surface area (Å²) in [4.78, 5) is 20.0. The fourth-order valence-corrected chi connectivity index (χ4v) is 2.54. The quantitative estimate of drug-likeness (QED) is 0.355. The second-order valence-electron chi connectivity index (χ2n) is 6.45. The van der Waals surface area contributed by atoms with Gasteiger partial charge in [0.15, 0.2) is 0 Å². The zero-order valence-corrected chi connectivity index (χ0v) is 16.3. The average molecular weight is 466 g/mol. The molecular weight excluding hydrogens is 446 g/mol. The summed E-state index contributed by atoms with van der Waals surface area (Å²) in [6, 6.07) is 13.2. The first-order valence-electron chi connectivity index (χ1n) is 8.87. The van der Waals surface area contributed by atoms with Crippen molar-refractivity contribution in [3.05, 3.63) is 71.8 Å². The highest BCUT2D eigenvalue weighted by molar-refractivity contribution is 5.47. The van der Waals surface area contributed by atoms with Crippen LogP contribution in [-0.2, 0) is 20.8 Å². The van der Waals surface area contributed by atoms with Crippen molar-refractivity contribution in [3.63, 3.8) is 0 Å². The van der Waals surface area contributed by atoms with Gasteiger partial charge in [0.1, 0.15) is 0 Å². The van der Waals surface area contributed by atoms with Crippen molar-refractivity contribution in [1.29, 1.82) is 0 Å². The molecule has 0 spiro atoms. The van der Waals surface area contributed by atoms with Gasteiger partial charge in [-0.05, 0) is 11.1 Å². The monoisotopic (exact) mass is 466 g/mol. The van der Waals surface area contributed by atoms with Crippen molar-refractivity contribution in [2.75, 3.05) is 13.1 Å². The third-order valence-electron chi connectivity index (χ3n) is 4.32. The van der Waals surface area contributed by atoms with Crippen molar-refractivity contribution in [1.82, 2.24) is 10.6 Å². The van der Waals surface area contributed by atoms with E-state index in [0.717, 1.165) is 24.3 Å². The second-order valence-corrected chi connectivity index (χ2v) is 6.45. The van der Waals surface area contributed by atoms with Crippen molar-refractivity contribution < 1.29 is 46.1 Å². The molecule has 2 rings (SSSR count). The zero-order chi connectivity index (χ0) is 24.5. The highest BCUT2D eigenvalue weighted by atomic mass is 19.4. The first-order valence-corrected chi connectivity index (χ1v) is 8.87. The lowest BCUT2D eigenvalue weighted by atomic mass is 9.93. The van der Waals surface area contributed by atoms with E-state index in [-0.39, 0.29) is 23.9 Å². The number of aliphatic hydroxyl groups is 2. The number of alkyl halides is 6. The van der Waals surface area contributed by atoms with E-state index in [1.54, 1.807) is 0 Å². The third-order valence-corrected chi connectivity index (χ3v) is 4.32. The molecule has 0 bridgehead atoms. The number of benzene rings is 2. The molecule has 2 aromatic carbocycles. The van der Waals surface area contributed by atoms with E-state index < -0.39 is 36.6 Å². The van der Waals surface area contributed by atoms with E-state index in [9.17, 15) is 46.1 Å². The maximum atomic E-state index is 12.7. The molecule has 4 N–H and O–H groups in total. The number of halogens is 6. The number of amides is 2. The molecular formula is C20H20F6N2O4. The van der Waals surface area contributed by atoms with Crippen LogP contribution in [0.4, 0.5) is 26.3 Å². The van der Waals surface area contributed by atoms with Crippen molar-refractivity contribution >= 4 is 12.8 Å². The van der Waals surface area contributed by atoms with Crippen LogP contribution in [0.1, 0.15) is 11.1 Å². The summed E-state index contributed by atoms with van der Waals surface area (Å²) >= 11 is 0. The first kappa shape index (κ1) is 26.9. The Morgan fingerprint density at radius 3 is 1.12 bits per heavy atom. The van der Waals surface area contributed by atoms with E-state index in [1.165, 1.54) is 36.4 Å². The summed E-state index contributed by atoms with van der Waals surface area (Å²) in [6.07, 6.45) is -9.49. The Balaban J connectivity index is 0.000000320. The molecule has 0 fully saturated rings. The lowest BCUT2D eigenvalue weighted by molar-refractivity contribution is -0.264. The predicted molar refractivity (Wildman–Crippen MR) is 101 cm³/mol. The molecule has 2 amide bonds. The minimum Gasteiger partial charge on any atom is -0.375 e. The molecule has 32 heavy (non-hydrogen) atoms. The molecule has 0 aliphatic carbocycles. The zero-order valence-electron chi connectivity index (χ0n) is 16.3. The Kier molecular flexibility index (Phi) is 9.21. The Morgan fingerprint density at radius 1 is 0.625 bits per heavy atom. The van der Waals surface area contributed by atoms with Gasteiger partial charge in [-0.2, -0.15) is 26.3 Å². The molecule has 0 aliphatic rings. The number of nitrogens with one attached hydrogen (secondary N) is 2. The van der Waals surface area contributed by atoms with E-state index in [2.05, 4.69) is 0 Å². The summed E-state index contributed by atoms with van der Waals surface area (Å²) in [5.74, 6) is 0. The smallest absolute Gasteiger partial charge is 0.375 e. The highest BCUT2D eigenvalue weighted by Crippen LogP contribution is 2.39. The molecule has 2 atom stereocenters. The Morgan fingerprint density at radius 2 is 0.906 bits per heavy atom. The lowest BCUT2D eigenvalue weighted by Gasteiger charge is -2.30. The summed E-state index contributed by atoms with van der Waals surface area (Å²) in [5.41, 5.74) is -6.74. The molecule has 176 valence electrons. The van der Waals surface area contributed by atoms with Gasteiger partial charge >= 0.3 is 12.4 Å². The molecule has 12 heteroatoms. The largest absolute Gasteiger partial charge is 0.423 e. The van der Waals surface area contributed by atoms with E-state index >= 15 is 0 Å². The molecule has 0 saturated heterocycles. The van der Waals surface area contributed by atoms with Crippen LogP contribution in [0, 0.1) is 0 Å². The van der Waals surface area contributed by atoms with Crippen molar-refractivity contribution in [2.45, 2.75) is 23.6 Å². The van der Waals surface area contributed by atoms with Crippen LogP contribution >= 0.6 is 0 Å². The first-order chi connectivity index (χ1) is 14.8. The van der Waals surface area contributed by atoms with Crippen LogP contribution in [0.3, 0.4) is 0 Å². The van der Waals surface area contributed by atoms with Crippen LogP contribution in [-0.4, -0.2) is 48.5 Å². The van der Waals surface area contributed by atoms with Gasteiger partial charge in [0, 0.05) is 0 Å². The molecule has 0 saturated carbocycles. The van der Waals surface area contributed by atoms with Gasteiger partial charge in [0.25, 0.3) is 0 Å². The van der Waals surface area contributed by atoms with Gasteiger partial charge in [0.2, 0.25) is 24.0 Å². The normalized spacial score (nSPS) is 15.2. The van der Waals surface area contributed by atoms with Gasteiger partial charge in [-0.15, -0.1) is 0 Å². The van der Waals surface area contributed by atoms with E-state index in [1.807, 2.05) is 10.6 Å². The molecule has 6 nitrogen and oxygen atoms in total. The number of hydrogen-bond acceptors (Lipinski definition) is 4. The van der Waals surface area contributed by atoms with Gasteiger partial charge in [-0.3, -0.25) is 9.59 Å². The number of hydrogen-bond donors (Lipinski definition) is 4. The van der Waals surface area contributed by atoms with Crippen molar-refractivity contribution in [2.24, 2.45) is 0 Å². The average Bonchev–Trinajstić information content (AvgIpc) is 2.76. The van der Waals surface area contributed by atoms with E-state index in [4.69, 9.17) is 0 Å². The molecule has 0 aliphatic heterocycles. The van der Waals surface area contributed by atoms with Gasteiger partial charge < -0.3 is 20.8 Å². The molecule has 0 radical (unpaired) electrons. The topological polar surface area (TPSA) is 98.7 Å². The van der Waals surface area contributed by atoms with Crippen LogP contribution in [0.2, 0.25) is 0 Å². The number of rotatable bonds is 8. The van der Waals surface area contributed by atoms with Crippen LogP contribution in [0.5, 0.6) is 0 Å². The molecule has 2 aromatic rings. The van der Waals surface area contributed by atoms with E-state index in [0.29, 0.717) is 0 Å². The SMILES string of the molecule is O=CNC[C@@](O)(c1ccccc1)C(F)(F)F.O=CNC[C@@](O)(c1ccccc1)C(F)(F)F. The minimum atomic E-state index is -4.86. The standard InChI is InChI=1S/2C10H10F3NO2/c2*11-10(12,13)9(16,6-14-7-15)8-4-2-1-3-5-8/h2*1-5,7,16H,6H2,(H,14,15)/t2*9-/m11/s1. The van der Waals surface area contributed by atoms with Crippen LogP contribution in [0.15, 0.2) is 60.7 Å². The predicted octanol–water partition coefficient (Wildman–Crippen LogP) is 2.37. The second kappa shape index (κ2) is 11.0. The van der Waals surface area contributed by atoms with Crippen LogP contribution in [0.25, 0.3) is 0 Å². The molecule has 0 aromatic heterocycles. The maximum Gasteiger partial charge on any atom is 0.423 e. The lowest BCUT2D eigenvalue weighted by Crippen LogP contribution is -2.49. The Bertz CT molecular complexity index is 777. The maximum absolute atomic E-state index is 12.7. The van der Waals surface area contributed by atoms with Crippen molar-refractivity contribution in [3.8, 4) is 0 Å². The van der Waals surface area contributed by atoms with Gasteiger partial charge in [0.05, 0.1) is 13.1 Å². The Labute approximate surface area is 178 Å². The Hall–Kier alpha value is -3.12. The van der Waals surface area contributed by atoms with Gasteiger partial charge in [-0.25, -0.2) is 0 Å². The summed E-state index contributed by atoms with van der Waals surface area (Å²) in [5, 5.41) is 22.9. The summed E-state index contributed by atoms with van der Waals surface area (Å²) < 4.78 is 76.2. The fraction of sp³-hybridized carbons (Fsp3) is 0.300. The number of carbonyl (C=O) groups excluding carboxylic acids is 2. The highest BCUT2D eigenvalue weighted by Gasteiger charge is 2.55. The molecule has 0 unspecified atom stereocenters. The number of carbonyl (C=O) groups is 2. The summed E-state index contributed by atoms with van der Waals surface area (Å²) in [7, 11) is 0. The minimum absolute atomic E-state index is 0.111. The summed E-state index contributed by atoms with van der Waals surface area (Å²) in [6.45, 7) is -1.83. The third kappa shape index (κ3) is 6.44.